The zero-order valence-electron chi connectivity index (χ0n) is 12.2. The fraction of sp³-hybridized carbons (Fsp3) is 0.400. The first kappa shape index (κ1) is 15.9. The summed E-state index contributed by atoms with van der Waals surface area (Å²) in [4.78, 5) is 27.5. The minimum absolute atomic E-state index is 0.0541. The zero-order valence-corrected chi connectivity index (χ0v) is 12.2. The summed E-state index contributed by atoms with van der Waals surface area (Å²) < 4.78 is 4.71. The highest BCUT2D eigenvalue weighted by Crippen LogP contribution is 2.21. The van der Waals surface area contributed by atoms with Crippen molar-refractivity contribution in [3.05, 3.63) is 35.4 Å². The lowest BCUT2D eigenvalue weighted by Crippen LogP contribution is -2.44. The van der Waals surface area contributed by atoms with E-state index >= 15 is 0 Å². The minimum Gasteiger partial charge on any atom is -0.465 e. The van der Waals surface area contributed by atoms with Crippen LogP contribution in [0.25, 0.3) is 0 Å². The minimum atomic E-state index is -1.01. The van der Waals surface area contributed by atoms with Gasteiger partial charge in [0, 0.05) is 11.8 Å². The number of esters is 1. The number of methoxy groups -OCH3 is 1. The molecular weight excluding hydrogens is 256 g/mol. The van der Waals surface area contributed by atoms with Gasteiger partial charge >= 0.3 is 5.97 Å². The summed E-state index contributed by atoms with van der Waals surface area (Å²) in [5.41, 5.74) is 5.39. The van der Waals surface area contributed by atoms with Crippen molar-refractivity contribution >= 4 is 18.1 Å². The van der Waals surface area contributed by atoms with Crippen LogP contribution in [-0.4, -0.2) is 30.7 Å². The highest BCUT2D eigenvalue weighted by Gasteiger charge is 2.33. The van der Waals surface area contributed by atoms with Crippen LogP contribution in [0.15, 0.2) is 29.3 Å². The first-order valence-corrected chi connectivity index (χ1v) is 6.35. The molecule has 0 fully saturated rings. The fourth-order valence-corrected chi connectivity index (χ4v) is 1.61. The number of amides is 1. The molecule has 0 aliphatic rings. The fourth-order valence-electron chi connectivity index (χ4n) is 1.61. The summed E-state index contributed by atoms with van der Waals surface area (Å²) >= 11 is 0. The molecule has 1 atom stereocenters. The van der Waals surface area contributed by atoms with Gasteiger partial charge in [-0.2, -0.15) is 0 Å². The predicted molar refractivity (Wildman–Crippen MR) is 77.8 cm³/mol. The summed E-state index contributed by atoms with van der Waals surface area (Å²) in [6.07, 6.45) is 1.50. The molecule has 0 saturated carbocycles. The highest BCUT2D eigenvalue weighted by molar-refractivity contribution is 6.00. The Labute approximate surface area is 118 Å². The van der Waals surface area contributed by atoms with Crippen molar-refractivity contribution in [1.29, 1.82) is 0 Å². The van der Waals surface area contributed by atoms with E-state index in [2.05, 4.69) is 4.99 Å². The molecule has 0 aromatic heterocycles. The number of nitrogens with two attached hydrogens (primary N) is 1. The van der Waals surface area contributed by atoms with E-state index < -0.39 is 17.4 Å². The van der Waals surface area contributed by atoms with E-state index in [1.54, 1.807) is 31.2 Å². The van der Waals surface area contributed by atoms with E-state index in [-0.39, 0.29) is 5.92 Å². The maximum absolute atomic E-state index is 11.7. The lowest BCUT2D eigenvalue weighted by atomic mass is 9.88. The van der Waals surface area contributed by atoms with Crippen molar-refractivity contribution in [3.8, 4) is 0 Å². The molecule has 5 heteroatoms. The number of primary amides is 1. The Hall–Kier alpha value is -2.17. The molecule has 0 saturated heterocycles. The van der Waals surface area contributed by atoms with Gasteiger partial charge < -0.3 is 10.5 Å². The number of nitrogens with zero attached hydrogens (tertiary/aromatic N) is 1. The van der Waals surface area contributed by atoms with Crippen molar-refractivity contribution < 1.29 is 14.3 Å². The number of carbonyl (C=O) groups is 2. The normalized spacial score (nSPS) is 14.2. The number of rotatable bonds is 5. The van der Waals surface area contributed by atoms with Gasteiger partial charge in [-0.1, -0.05) is 32.0 Å². The van der Waals surface area contributed by atoms with Crippen molar-refractivity contribution in [2.24, 2.45) is 16.6 Å². The summed E-state index contributed by atoms with van der Waals surface area (Å²) in [6.45, 7) is 5.42. The van der Waals surface area contributed by atoms with E-state index in [0.717, 1.165) is 0 Å². The van der Waals surface area contributed by atoms with Gasteiger partial charge in [-0.3, -0.25) is 9.79 Å². The maximum atomic E-state index is 11.7. The molecule has 0 aliphatic heterocycles. The van der Waals surface area contributed by atoms with Gasteiger partial charge in [0.2, 0.25) is 5.91 Å². The van der Waals surface area contributed by atoms with Gasteiger partial charge in [-0.15, -0.1) is 0 Å². The molecule has 5 nitrogen and oxygen atoms in total. The molecule has 0 radical (unpaired) electrons. The number of benzene rings is 1. The van der Waals surface area contributed by atoms with Crippen LogP contribution in [0.3, 0.4) is 0 Å². The molecule has 1 aromatic carbocycles. The van der Waals surface area contributed by atoms with Crippen LogP contribution >= 0.6 is 0 Å². The largest absolute Gasteiger partial charge is 0.465 e. The lowest BCUT2D eigenvalue weighted by molar-refractivity contribution is -0.123. The third-order valence-corrected chi connectivity index (χ3v) is 3.46. The third kappa shape index (κ3) is 3.23. The molecule has 20 heavy (non-hydrogen) atoms. The van der Waals surface area contributed by atoms with Crippen molar-refractivity contribution in [1.82, 2.24) is 0 Å². The zero-order chi connectivity index (χ0) is 15.3. The molecule has 1 aromatic rings. The van der Waals surface area contributed by atoms with Crippen LogP contribution in [0, 0.1) is 5.92 Å². The van der Waals surface area contributed by atoms with Crippen LogP contribution < -0.4 is 5.73 Å². The molecule has 0 aliphatic carbocycles. The van der Waals surface area contributed by atoms with Crippen LogP contribution in [0.1, 0.15) is 36.7 Å². The standard InChI is InChI=1S/C15H20N2O3/c1-10(2)15(3,14(16)19)17-9-11-7-5-6-8-12(11)13(18)20-4/h5-10H,1-4H3,(H2,16,19). The molecule has 1 amide bonds. The van der Waals surface area contributed by atoms with E-state index in [1.807, 2.05) is 13.8 Å². The summed E-state index contributed by atoms with van der Waals surface area (Å²) in [5, 5.41) is 0. The molecule has 1 unspecified atom stereocenters. The molecule has 1 rings (SSSR count). The van der Waals surface area contributed by atoms with E-state index in [9.17, 15) is 9.59 Å². The Morgan fingerprint density at radius 2 is 1.95 bits per heavy atom. The quantitative estimate of drug-likeness (QED) is 0.657. The van der Waals surface area contributed by atoms with Crippen LogP contribution in [0.5, 0.6) is 0 Å². The third-order valence-electron chi connectivity index (χ3n) is 3.46. The Balaban J connectivity index is 3.18. The predicted octanol–water partition coefficient (Wildman–Crippen LogP) is 1.79. The maximum Gasteiger partial charge on any atom is 0.338 e. The van der Waals surface area contributed by atoms with Gasteiger partial charge in [0.1, 0.15) is 5.54 Å². The molecular formula is C15H20N2O3. The Bertz CT molecular complexity index is 538. The average molecular weight is 276 g/mol. The summed E-state index contributed by atoms with van der Waals surface area (Å²) in [6, 6.07) is 6.89. The second-order valence-corrected chi connectivity index (χ2v) is 5.00. The van der Waals surface area contributed by atoms with Gasteiger partial charge in [-0.25, -0.2) is 4.79 Å². The first-order chi connectivity index (χ1) is 9.32. The second kappa shape index (κ2) is 6.32. The SMILES string of the molecule is COC(=O)c1ccccc1C=NC(C)(C(N)=O)C(C)C. The molecule has 0 spiro atoms. The molecule has 0 heterocycles. The van der Waals surface area contributed by atoms with E-state index in [0.29, 0.717) is 11.1 Å². The lowest BCUT2D eigenvalue weighted by Gasteiger charge is -2.25. The number of aliphatic imine (C=N–C) groups is 1. The van der Waals surface area contributed by atoms with E-state index in [1.165, 1.54) is 13.3 Å². The van der Waals surface area contributed by atoms with Crippen molar-refractivity contribution in [2.75, 3.05) is 7.11 Å². The van der Waals surface area contributed by atoms with Gasteiger partial charge in [0.15, 0.2) is 0 Å². The Morgan fingerprint density at radius 1 is 1.35 bits per heavy atom. The molecule has 2 N–H and O–H groups in total. The van der Waals surface area contributed by atoms with Crippen LogP contribution in [0.2, 0.25) is 0 Å². The van der Waals surface area contributed by atoms with Crippen LogP contribution in [0.4, 0.5) is 0 Å². The second-order valence-electron chi connectivity index (χ2n) is 5.00. The van der Waals surface area contributed by atoms with Crippen molar-refractivity contribution in [3.63, 3.8) is 0 Å². The van der Waals surface area contributed by atoms with Gasteiger partial charge in [0.25, 0.3) is 0 Å². The smallest absolute Gasteiger partial charge is 0.338 e. The first-order valence-electron chi connectivity index (χ1n) is 6.35. The Kier molecular flexibility index (Phi) is 5.02. The van der Waals surface area contributed by atoms with Gasteiger partial charge in [0.05, 0.1) is 12.7 Å². The Morgan fingerprint density at radius 3 is 2.45 bits per heavy atom. The number of hydrogen-bond donors (Lipinski definition) is 1. The monoisotopic (exact) mass is 276 g/mol. The summed E-state index contributed by atoms with van der Waals surface area (Å²) in [7, 11) is 1.32. The topological polar surface area (TPSA) is 81.8 Å². The van der Waals surface area contributed by atoms with E-state index in [4.69, 9.17) is 10.5 Å². The highest BCUT2D eigenvalue weighted by atomic mass is 16.5. The average Bonchev–Trinajstić information content (AvgIpc) is 2.43. The summed E-state index contributed by atoms with van der Waals surface area (Å²) in [5.74, 6) is -1.00. The number of hydrogen-bond acceptors (Lipinski definition) is 4. The van der Waals surface area contributed by atoms with Crippen molar-refractivity contribution in [2.45, 2.75) is 26.3 Å². The molecule has 108 valence electrons. The van der Waals surface area contributed by atoms with Gasteiger partial charge in [-0.05, 0) is 18.9 Å². The molecule has 0 bridgehead atoms. The number of carbonyl (C=O) groups excluding carboxylic acids is 2. The van der Waals surface area contributed by atoms with Crippen LogP contribution in [-0.2, 0) is 9.53 Å². The number of ether oxygens (including phenoxy) is 1.